The predicted octanol–water partition coefficient (Wildman–Crippen LogP) is 3.21. The van der Waals surface area contributed by atoms with Crippen molar-refractivity contribution in [2.24, 2.45) is 0 Å². The van der Waals surface area contributed by atoms with E-state index in [0.29, 0.717) is 41.2 Å². The van der Waals surface area contributed by atoms with E-state index in [0.717, 1.165) is 5.56 Å². The van der Waals surface area contributed by atoms with Crippen LogP contribution in [-0.4, -0.2) is 28.4 Å². The molecule has 6 heteroatoms. The fraction of sp³-hybridized carbons (Fsp3) is 0.211. The number of aromatic amines is 1. The first-order valence-electron chi connectivity index (χ1n) is 8.21. The summed E-state index contributed by atoms with van der Waals surface area (Å²) in [4.78, 5) is 27.8. The van der Waals surface area contributed by atoms with E-state index in [1.54, 1.807) is 6.07 Å². The van der Waals surface area contributed by atoms with Gasteiger partial charge in [-0.1, -0.05) is 42.4 Å². The Hall–Kier alpha value is -3.15. The number of carbonyl (C=O) groups is 2. The second kappa shape index (κ2) is 7.17. The normalized spacial score (nSPS) is 10.6. The molecule has 0 fully saturated rings. The highest BCUT2D eigenvalue weighted by Gasteiger charge is 2.25. The van der Waals surface area contributed by atoms with Crippen molar-refractivity contribution in [3.8, 4) is 11.3 Å². The number of benzene rings is 1. The molecule has 3 rings (SSSR count). The van der Waals surface area contributed by atoms with Gasteiger partial charge in [-0.2, -0.15) is 0 Å². The Balaban J connectivity index is 2.00. The average molecular weight is 337 g/mol. The van der Waals surface area contributed by atoms with Crippen molar-refractivity contribution in [2.45, 2.75) is 20.3 Å². The predicted molar refractivity (Wildman–Crippen MR) is 93.5 cm³/mol. The maximum Gasteiger partial charge on any atom is 0.267 e. The topological polar surface area (TPSA) is 88.0 Å². The largest absolute Gasteiger partial charge is 0.360 e. The molecule has 0 aliphatic rings. The van der Waals surface area contributed by atoms with Gasteiger partial charge in [0, 0.05) is 30.3 Å². The van der Waals surface area contributed by atoms with Crippen LogP contribution in [0, 0.1) is 0 Å². The molecule has 128 valence electrons. The SMILES string of the molecule is CCNC(=O)c1cc(C(=O)c2c(-c3ccccc3)noc2CC)c[nH]1. The van der Waals surface area contributed by atoms with Gasteiger partial charge in [0.2, 0.25) is 0 Å². The van der Waals surface area contributed by atoms with Crippen molar-refractivity contribution < 1.29 is 14.1 Å². The first-order valence-corrected chi connectivity index (χ1v) is 8.21. The molecule has 2 aromatic heterocycles. The van der Waals surface area contributed by atoms with Crippen LogP contribution in [0.4, 0.5) is 0 Å². The summed E-state index contributed by atoms with van der Waals surface area (Å²) >= 11 is 0. The van der Waals surface area contributed by atoms with E-state index in [2.05, 4.69) is 15.5 Å². The molecule has 6 nitrogen and oxygen atoms in total. The Bertz CT molecular complexity index is 894. The van der Waals surface area contributed by atoms with Gasteiger partial charge in [0.05, 0.1) is 5.56 Å². The Morgan fingerprint density at radius 2 is 1.96 bits per heavy atom. The molecule has 1 aromatic carbocycles. The van der Waals surface area contributed by atoms with Gasteiger partial charge >= 0.3 is 0 Å². The molecule has 0 aliphatic heterocycles. The minimum atomic E-state index is -0.245. The minimum absolute atomic E-state index is 0.219. The maximum absolute atomic E-state index is 13.0. The van der Waals surface area contributed by atoms with Crippen molar-refractivity contribution in [3.63, 3.8) is 0 Å². The molecule has 0 unspecified atom stereocenters. The highest BCUT2D eigenvalue weighted by atomic mass is 16.5. The third-order valence-corrected chi connectivity index (χ3v) is 3.89. The number of aromatic nitrogens is 2. The van der Waals surface area contributed by atoms with E-state index < -0.39 is 0 Å². The molecular formula is C19H19N3O3. The number of ketones is 1. The van der Waals surface area contributed by atoms with Crippen molar-refractivity contribution in [1.29, 1.82) is 0 Å². The van der Waals surface area contributed by atoms with E-state index in [9.17, 15) is 9.59 Å². The Kier molecular flexibility index (Phi) is 4.79. The molecule has 0 saturated carbocycles. The van der Waals surface area contributed by atoms with Gasteiger partial charge in [-0.25, -0.2) is 0 Å². The minimum Gasteiger partial charge on any atom is -0.360 e. The number of H-pyrrole nitrogens is 1. The van der Waals surface area contributed by atoms with E-state index in [1.807, 2.05) is 44.2 Å². The second-order valence-electron chi connectivity index (χ2n) is 5.54. The number of carbonyl (C=O) groups excluding carboxylic acids is 2. The lowest BCUT2D eigenvalue weighted by Gasteiger charge is -2.01. The highest BCUT2D eigenvalue weighted by Crippen LogP contribution is 2.28. The number of amides is 1. The summed E-state index contributed by atoms with van der Waals surface area (Å²) in [5.41, 5.74) is 2.52. The summed E-state index contributed by atoms with van der Waals surface area (Å²) in [5.74, 6) is 0.0687. The molecule has 0 spiro atoms. The van der Waals surface area contributed by atoms with E-state index >= 15 is 0 Å². The fourth-order valence-corrected chi connectivity index (χ4v) is 2.65. The zero-order valence-corrected chi connectivity index (χ0v) is 14.1. The van der Waals surface area contributed by atoms with Crippen molar-refractivity contribution >= 4 is 11.7 Å². The lowest BCUT2D eigenvalue weighted by molar-refractivity contribution is 0.0951. The maximum atomic E-state index is 13.0. The fourth-order valence-electron chi connectivity index (χ4n) is 2.65. The van der Waals surface area contributed by atoms with Crippen LogP contribution < -0.4 is 5.32 Å². The van der Waals surface area contributed by atoms with Crippen LogP contribution in [-0.2, 0) is 6.42 Å². The molecule has 2 heterocycles. The van der Waals surface area contributed by atoms with Gasteiger partial charge in [-0.3, -0.25) is 9.59 Å². The van der Waals surface area contributed by atoms with Crippen LogP contribution in [0.2, 0.25) is 0 Å². The molecule has 0 radical (unpaired) electrons. The van der Waals surface area contributed by atoms with Gasteiger partial charge in [0.1, 0.15) is 17.1 Å². The molecule has 0 aliphatic carbocycles. The van der Waals surface area contributed by atoms with Crippen LogP contribution >= 0.6 is 0 Å². The molecule has 25 heavy (non-hydrogen) atoms. The molecular weight excluding hydrogens is 318 g/mol. The van der Waals surface area contributed by atoms with Crippen LogP contribution in [0.5, 0.6) is 0 Å². The summed E-state index contributed by atoms with van der Waals surface area (Å²) in [6.45, 7) is 4.26. The summed E-state index contributed by atoms with van der Waals surface area (Å²) in [6, 6.07) is 11.0. The smallest absolute Gasteiger partial charge is 0.267 e. The van der Waals surface area contributed by atoms with Gasteiger partial charge < -0.3 is 14.8 Å². The van der Waals surface area contributed by atoms with Crippen LogP contribution in [0.15, 0.2) is 47.1 Å². The molecule has 1 amide bonds. The van der Waals surface area contributed by atoms with Gasteiger partial charge in [0.15, 0.2) is 5.78 Å². The molecule has 0 saturated heterocycles. The first kappa shape index (κ1) is 16.7. The Labute approximate surface area is 145 Å². The lowest BCUT2D eigenvalue weighted by Crippen LogP contribution is -2.22. The molecule has 0 bridgehead atoms. The standard InChI is InChI=1S/C19H19N3O3/c1-3-15-16(17(22-25-15)12-8-6-5-7-9-12)18(23)13-10-14(21-11-13)19(24)20-4-2/h5-11,21H,3-4H2,1-2H3,(H,20,24). The molecule has 2 N–H and O–H groups in total. The van der Waals surface area contributed by atoms with Crippen LogP contribution in [0.25, 0.3) is 11.3 Å². The second-order valence-corrected chi connectivity index (χ2v) is 5.54. The van der Waals surface area contributed by atoms with Crippen molar-refractivity contribution in [3.05, 3.63) is 65.2 Å². The number of hydrogen-bond acceptors (Lipinski definition) is 4. The zero-order chi connectivity index (χ0) is 17.8. The van der Waals surface area contributed by atoms with E-state index in [4.69, 9.17) is 4.52 Å². The van der Waals surface area contributed by atoms with Crippen LogP contribution in [0.1, 0.15) is 46.0 Å². The van der Waals surface area contributed by atoms with Gasteiger partial charge in [-0.15, -0.1) is 0 Å². The van der Waals surface area contributed by atoms with Crippen molar-refractivity contribution in [1.82, 2.24) is 15.5 Å². The third kappa shape index (κ3) is 3.24. The number of aryl methyl sites for hydroxylation is 1. The number of nitrogens with one attached hydrogen (secondary N) is 2. The van der Waals surface area contributed by atoms with Gasteiger partial charge in [-0.05, 0) is 13.0 Å². The Morgan fingerprint density at radius 1 is 1.20 bits per heavy atom. The van der Waals surface area contributed by atoms with Gasteiger partial charge in [0.25, 0.3) is 5.91 Å². The number of nitrogens with zero attached hydrogens (tertiary/aromatic N) is 1. The summed E-state index contributed by atoms with van der Waals surface area (Å²) in [5, 5.41) is 6.79. The highest BCUT2D eigenvalue weighted by molar-refractivity contribution is 6.13. The van der Waals surface area contributed by atoms with E-state index in [1.165, 1.54) is 6.20 Å². The lowest BCUT2D eigenvalue weighted by atomic mass is 9.98. The summed E-state index contributed by atoms with van der Waals surface area (Å²) < 4.78 is 5.37. The summed E-state index contributed by atoms with van der Waals surface area (Å²) in [7, 11) is 0. The molecule has 0 atom stereocenters. The van der Waals surface area contributed by atoms with Crippen LogP contribution in [0.3, 0.4) is 0 Å². The number of hydrogen-bond donors (Lipinski definition) is 2. The summed E-state index contributed by atoms with van der Waals surface area (Å²) in [6.07, 6.45) is 2.09. The van der Waals surface area contributed by atoms with Crippen molar-refractivity contribution in [2.75, 3.05) is 6.54 Å². The zero-order valence-electron chi connectivity index (χ0n) is 14.1. The molecule has 3 aromatic rings. The number of rotatable bonds is 6. The van der Waals surface area contributed by atoms with E-state index in [-0.39, 0.29) is 11.7 Å². The average Bonchev–Trinajstić information content (AvgIpc) is 3.29. The third-order valence-electron chi connectivity index (χ3n) is 3.89. The first-order chi connectivity index (χ1) is 12.2. The Morgan fingerprint density at radius 3 is 2.64 bits per heavy atom. The monoisotopic (exact) mass is 337 g/mol. The quantitative estimate of drug-likeness (QED) is 0.676.